The quantitative estimate of drug-likeness (QED) is 0.763. The third-order valence-corrected chi connectivity index (χ3v) is 4.20. The molecule has 24 heavy (non-hydrogen) atoms. The average Bonchev–Trinajstić information content (AvgIpc) is 3.04. The van der Waals surface area contributed by atoms with Crippen LogP contribution in [0.1, 0.15) is 33.5 Å². The molecule has 128 valence electrons. The van der Waals surface area contributed by atoms with E-state index in [0.717, 1.165) is 0 Å². The fourth-order valence-electron chi connectivity index (χ4n) is 2.49. The van der Waals surface area contributed by atoms with Gasteiger partial charge in [-0.25, -0.2) is 14.6 Å². The van der Waals surface area contributed by atoms with Crippen LogP contribution in [0.5, 0.6) is 0 Å². The highest BCUT2D eigenvalue weighted by Crippen LogP contribution is 2.18. The molecule has 0 aliphatic carbocycles. The summed E-state index contributed by atoms with van der Waals surface area (Å²) in [5, 5.41) is 16.5. The molecule has 7 nitrogen and oxygen atoms in total. The molecule has 0 unspecified atom stereocenters. The van der Waals surface area contributed by atoms with E-state index < -0.39 is 5.60 Å². The highest BCUT2D eigenvalue weighted by molar-refractivity contribution is 7.15. The molecule has 3 aromatic rings. The van der Waals surface area contributed by atoms with Gasteiger partial charge in [0.25, 0.3) is 5.56 Å². The van der Waals surface area contributed by atoms with Crippen molar-refractivity contribution in [3.63, 3.8) is 0 Å². The summed E-state index contributed by atoms with van der Waals surface area (Å²) in [5.41, 5.74) is -0.757. The second-order valence-corrected chi connectivity index (χ2v) is 7.83. The first-order chi connectivity index (χ1) is 11.2. The number of aliphatic hydroxyl groups is 1. The van der Waals surface area contributed by atoms with Gasteiger partial charge in [0.2, 0.25) is 0 Å². The maximum absolute atomic E-state index is 12.7. The Morgan fingerprint density at radius 3 is 2.79 bits per heavy atom. The van der Waals surface area contributed by atoms with Crippen molar-refractivity contribution in [2.75, 3.05) is 0 Å². The van der Waals surface area contributed by atoms with E-state index in [1.165, 1.54) is 21.9 Å². The molecular formula is C16H21N5O2S. The van der Waals surface area contributed by atoms with Crippen molar-refractivity contribution in [1.29, 1.82) is 0 Å². The lowest BCUT2D eigenvalue weighted by Gasteiger charge is -2.17. The molecule has 0 fully saturated rings. The van der Waals surface area contributed by atoms with Crippen molar-refractivity contribution >= 4 is 16.3 Å². The Hall–Kier alpha value is -2.06. The summed E-state index contributed by atoms with van der Waals surface area (Å²) in [6.07, 6.45) is 3.95. The number of hydrogen-bond donors (Lipinski definition) is 1. The molecule has 0 saturated heterocycles. The minimum Gasteiger partial charge on any atom is -0.389 e. The molecule has 0 spiro atoms. The Morgan fingerprint density at radius 2 is 2.12 bits per heavy atom. The zero-order valence-electron chi connectivity index (χ0n) is 14.2. The standard InChI is InChI=1S/C16H21N5O2S/c1-10(2)7-12-18-13(21(19-12)9-16(3,4)23)11-8-17-15-20(14(11)22)5-6-24-15/h5-6,8,10,23H,7,9H2,1-4H3. The minimum atomic E-state index is -0.965. The number of nitrogens with zero attached hydrogens (tertiary/aromatic N) is 5. The summed E-state index contributed by atoms with van der Waals surface area (Å²) in [4.78, 5) is 22.2. The first-order valence-electron chi connectivity index (χ1n) is 7.86. The van der Waals surface area contributed by atoms with Crippen molar-refractivity contribution < 1.29 is 5.11 Å². The lowest BCUT2D eigenvalue weighted by molar-refractivity contribution is 0.0581. The number of thiazole rings is 1. The van der Waals surface area contributed by atoms with E-state index in [-0.39, 0.29) is 12.1 Å². The number of aromatic nitrogens is 5. The topological polar surface area (TPSA) is 85.3 Å². The van der Waals surface area contributed by atoms with Gasteiger partial charge in [-0.1, -0.05) is 13.8 Å². The van der Waals surface area contributed by atoms with Gasteiger partial charge >= 0.3 is 0 Å². The van der Waals surface area contributed by atoms with Crippen LogP contribution in [-0.2, 0) is 13.0 Å². The van der Waals surface area contributed by atoms with Gasteiger partial charge in [-0.05, 0) is 19.8 Å². The molecule has 0 radical (unpaired) electrons. The fraction of sp³-hybridized carbons (Fsp3) is 0.500. The van der Waals surface area contributed by atoms with E-state index in [1.54, 1.807) is 24.7 Å². The maximum Gasteiger partial charge on any atom is 0.269 e. The smallest absolute Gasteiger partial charge is 0.269 e. The van der Waals surface area contributed by atoms with Gasteiger partial charge in [0, 0.05) is 24.2 Å². The van der Waals surface area contributed by atoms with E-state index in [9.17, 15) is 9.90 Å². The fourth-order valence-corrected chi connectivity index (χ4v) is 3.17. The largest absolute Gasteiger partial charge is 0.389 e. The van der Waals surface area contributed by atoms with Gasteiger partial charge in [0.1, 0.15) is 5.56 Å². The summed E-state index contributed by atoms with van der Waals surface area (Å²) >= 11 is 1.40. The molecular weight excluding hydrogens is 326 g/mol. The van der Waals surface area contributed by atoms with Crippen LogP contribution in [-0.4, -0.2) is 34.9 Å². The van der Waals surface area contributed by atoms with Crippen LogP contribution < -0.4 is 5.56 Å². The predicted molar refractivity (Wildman–Crippen MR) is 93.2 cm³/mol. The van der Waals surface area contributed by atoms with Crippen LogP contribution in [0.15, 0.2) is 22.6 Å². The van der Waals surface area contributed by atoms with Crippen LogP contribution in [0.3, 0.4) is 0 Å². The number of hydrogen-bond acceptors (Lipinski definition) is 6. The highest BCUT2D eigenvalue weighted by atomic mass is 32.1. The lowest BCUT2D eigenvalue weighted by Crippen LogP contribution is -2.28. The number of fused-ring (bicyclic) bond motifs is 1. The van der Waals surface area contributed by atoms with Crippen LogP contribution in [0.2, 0.25) is 0 Å². The van der Waals surface area contributed by atoms with E-state index >= 15 is 0 Å². The Bertz CT molecular complexity index is 917. The van der Waals surface area contributed by atoms with E-state index in [0.29, 0.717) is 34.5 Å². The first kappa shape index (κ1) is 16.8. The average molecular weight is 347 g/mol. The van der Waals surface area contributed by atoms with Crippen LogP contribution in [0, 0.1) is 5.92 Å². The first-order valence-corrected chi connectivity index (χ1v) is 8.74. The van der Waals surface area contributed by atoms with Gasteiger partial charge < -0.3 is 5.11 Å². The van der Waals surface area contributed by atoms with Gasteiger partial charge in [-0.2, -0.15) is 5.10 Å². The zero-order chi connectivity index (χ0) is 17.5. The van der Waals surface area contributed by atoms with Gasteiger partial charge in [-0.15, -0.1) is 11.3 Å². The second-order valence-electron chi connectivity index (χ2n) is 6.95. The van der Waals surface area contributed by atoms with Crippen molar-refractivity contribution in [2.45, 2.75) is 46.3 Å². The molecule has 0 saturated carbocycles. The molecule has 0 amide bonds. The summed E-state index contributed by atoms with van der Waals surface area (Å²) in [7, 11) is 0. The predicted octanol–water partition coefficient (Wildman–Crippen LogP) is 1.98. The molecule has 8 heteroatoms. The van der Waals surface area contributed by atoms with Gasteiger partial charge in [-0.3, -0.25) is 9.20 Å². The monoisotopic (exact) mass is 347 g/mol. The highest BCUT2D eigenvalue weighted by Gasteiger charge is 2.22. The molecule has 3 heterocycles. The van der Waals surface area contributed by atoms with Crippen molar-refractivity contribution in [3.05, 3.63) is 34.0 Å². The summed E-state index contributed by atoms with van der Waals surface area (Å²) in [6.45, 7) is 7.83. The molecule has 3 aromatic heterocycles. The summed E-state index contributed by atoms with van der Waals surface area (Å²) in [6, 6.07) is 0. The normalized spacial score (nSPS) is 12.4. The van der Waals surface area contributed by atoms with E-state index in [4.69, 9.17) is 0 Å². The Balaban J connectivity index is 2.14. The van der Waals surface area contributed by atoms with Crippen molar-refractivity contribution in [3.8, 4) is 11.4 Å². The third kappa shape index (κ3) is 3.39. The van der Waals surface area contributed by atoms with Gasteiger partial charge in [0.15, 0.2) is 16.6 Å². The summed E-state index contributed by atoms with van der Waals surface area (Å²) < 4.78 is 3.11. The molecule has 0 aliphatic heterocycles. The second kappa shape index (κ2) is 6.10. The summed E-state index contributed by atoms with van der Waals surface area (Å²) in [5.74, 6) is 1.51. The molecule has 0 aromatic carbocycles. The van der Waals surface area contributed by atoms with Crippen LogP contribution in [0.25, 0.3) is 16.3 Å². The Kier molecular flexibility index (Phi) is 4.27. The zero-order valence-corrected chi connectivity index (χ0v) is 15.0. The minimum absolute atomic E-state index is 0.179. The lowest BCUT2D eigenvalue weighted by atomic mass is 10.1. The number of rotatable bonds is 5. The SMILES string of the molecule is CC(C)Cc1nc(-c2cnc3sccn3c2=O)n(CC(C)(C)O)n1. The molecule has 0 aliphatic rings. The molecule has 1 N–H and O–H groups in total. The van der Waals surface area contributed by atoms with Crippen molar-refractivity contribution in [2.24, 2.45) is 5.92 Å². The van der Waals surface area contributed by atoms with E-state index in [1.807, 2.05) is 5.38 Å². The van der Waals surface area contributed by atoms with Crippen LogP contribution in [0.4, 0.5) is 0 Å². The molecule has 0 bridgehead atoms. The molecule has 0 atom stereocenters. The Morgan fingerprint density at radius 1 is 1.38 bits per heavy atom. The van der Waals surface area contributed by atoms with Gasteiger partial charge in [0.05, 0.1) is 12.1 Å². The Labute approximate surface area is 143 Å². The molecule has 3 rings (SSSR count). The maximum atomic E-state index is 12.7. The van der Waals surface area contributed by atoms with Crippen molar-refractivity contribution in [1.82, 2.24) is 24.1 Å². The third-order valence-electron chi connectivity index (χ3n) is 3.43. The van der Waals surface area contributed by atoms with E-state index in [2.05, 4.69) is 28.9 Å². The van der Waals surface area contributed by atoms with Crippen LogP contribution >= 0.6 is 11.3 Å².